The van der Waals surface area contributed by atoms with Crippen LogP contribution in [0.2, 0.25) is 0 Å². The molecule has 1 aliphatic heterocycles. The summed E-state index contributed by atoms with van der Waals surface area (Å²) in [7, 11) is 0. The molecule has 0 bridgehead atoms. The summed E-state index contributed by atoms with van der Waals surface area (Å²) in [6.07, 6.45) is 16.2. The van der Waals surface area contributed by atoms with Crippen molar-refractivity contribution in [3.05, 3.63) is 24.5 Å². The predicted octanol–water partition coefficient (Wildman–Crippen LogP) is 7.50. The normalized spacial score (nSPS) is 15.1. The van der Waals surface area contributed by atoms with Gasteiger partial charge in [0, 0.05) is 42.2 Å². The number of hydrogen-bond acceptors (Lipinski definition) is 6. The predicted molar refractivity (Wildman–Crippen MR) is 208 cm³/mol. The summed E-state index contributed by atoms with van der Waals surface area (Å²) < 4.78 is 0. The number of pyridine rings is 1. The van der Waals surface area contributed by atoms with Crippen LogP contribution in [0.15, 0.2) is 24.5 Å². The third kappa shape index (κ3) is 11.2. The first-order valence-electron chi connectivity index (χ1n) is 20.5. The van der Waals surface area contributed by atoms with Crippen molar-refractivity contribution in [2.75, 3.05) is 4.90 Å². The maximum absolute atomic E-state index is 15.1. The number of nitrogens with zero attached hydrogens (tertiary/aromatic N) is 2. The van der Waals surface area contributed by atoms with E-state index >= 15 is 19.2 Å². The zero-order valence-corrected chi connectivity index (χ0v) is 33.4. The first-order valence-corrected chi connectivity index (χ1v) is 20.5. The van der Waals surface area contributed by atoms with Crippen molar-refractivity contribution >= 4 is 29.3 Å². The lowest BCUT2D eigenvalue weighted by Gasteiger charge is -2.46. The molecule has 0 saturated carbocycles. The van der Waals surface area contributed by atoms with E-state index in [-0.39, 0.29) is 37.0 Å². The zero-order valence-electron chi connectivity index (χ0n) is 33.4. The van der Waals surface area contributed by atoms with Crippen molar-refractivity contribution in [1.82, 2.24) is 26.3 Å². The number of aromatic nitrogens is 1. The second kappa shape index (κ2) is 22.7. The third-order valence-electron chi connectivity index (χ3n) is 10.5. The van der Waals surface area contributed by atoms with Gasteiger partial charge in [0.15, 0.2) is 11.1 Å². The molecule has 10 nitrogen and oxygen atoms in total. The summed E-state index contributed by atoms with van der Waals surface area (Å²) in [5.74, 6) is -1.85. The summed E-state index contributed by atoms with van der Waals surface area (Å²) in [5, 5.41) is 13.1. The SMILES string of the molecule is CCCC(CCC)NC(=O)C1(C(=O)NC(CCC)CCC)CCC(C(=O)NC(CCC)CCC)(C(=O)NC(CCC)CCC)N1c1ccncc1. The number of nitrogens with one attached hydrogen (secondary N) is 4. The average Bonchev–Trinajstić information content (AvgIpc) is 3.48. The minimum absolute atomic E-state index is 0.00220. The summed E-state index contributed by atoms with van der Waals surface area (Å²) in [6, 6.07) is 2.85. The first kappa shape index (κ1) is 44.0. The van der Waals surface area contributed by atoms with Crippen molar-refractivity contribution in [3.63, 3.8) is 0 Å². The highest BCUT2D eigenvalue weighted by Crippen LogP contribution is 2.46. The van der Waals surface area contributed by atoms with Crippen LogP contribution in [0.1, 0.15) is 171 Å². The van der Waals surface area contributed by atoms with E-state index in [1.165, 1.54) is 0 Å². The third-order valence-corrected chi connectivity index (χ3v) is 10.5. The Balaban J connectivity index is 2.99. The van der Waals surface area contributed by atoms with Crippen LogP contribution in [0, 0.1) is 0 Å². The Bertz CT molecular complexity index is 1040. The highest BCUT2D eigenvalue weighted by Gasteiger charge is 2.69. The number of carbonyl (C=O) groups is 4. The number of anilines is 1. The largest absolute Gasteiger partial charge is 0.351 e. The lowest BCUT2D eigenvalue weighted by atomic mass is 9.90. The van der Waals surface area contributed by atoms with Crippen LogP contribution in [0.4, 0.5) is 5.69 Å². The number of carbonyl (C=O) groups excluding carboxylic acids is 4. The van der Waals surface area contributed by atoms with Gasteiger partial charge in [0.2, 0.25) is 0 Å². The quantitative estimate of drug-likeness (QED) is 0.0777. The second-order valence-electron chi connectivity index (χ2n) is 14.8. The number of hydrogen-bond donors (Lipinski definition) is 4. The van der Waals surface area contributed by atoms with E-state index in [9.17, 15) is 0 Å². The molecule has 0 radical (unpaired) electrons. The Kier molecular flexibility index (Phi) is 19.6. The van der Waals surface area contributed by atoms with E-state index in [2.05, 4.69) is 81.6 Å². The van der Waals surface area contributed by atoms with Crippen molar-refractivity contribution in [2.45, 2.75) is 206 Å². The fourth-order valence-electron chi connectivity index (χ4n) is 8.07. The molecule has 10 heteroatoms. The van der Waals surface area contributed by atoms with Gasteiger partial charge in [0.25, 0.3) is 23.6 Å². The Morgan fingerprint density at radius 2 is 0.745 bits per heavy atom. The van der Waals surface area contributed by atoms with Gasteiger partial charge in [-0.25, -0.2) is 0 Å². The molecular weight excluding hydrogens is 640 g/mol. The van der Waals surface area contributed by atoms with Gasteiger partial charge in [0.05, 0.1) is 0 Å². The van der Waals surface area contributed by atoms with Crippen LogP contribution >= 0.6 is 0 Å². The smallest absolute Gasteiger partial charge is 0.256 e. The molecule has 1 saturated heterocycles. The molecule has 4 N–H and O–H groups in total. The van der Waals surface area contributed by atoms with Gasteiger partial charge in [0.1, 0.15) is 0 Å². The van der Waals surface area contributed by atoms with Crippen molar-refractivity contribution in [1.29, 1.82) is 0 Å². The number of amides is 4. The topological polar surface area (TPSA) is 133 Å². The van der Waals surface area contributed by atoms with E-state index in [4.69, 9.17) is 0 Å². The minimum atomic E-state index is -1.87. The molecule has 1 aromatic rings. The van der Waals surface area contributed by atoms with Gasteiger partial charge in [-0.2, -0.15) is 0 Å². The fourth-order valence-corrected chi connectivity index (χ4v) is 8.07. The summed E-state index contributed by atoms with van der Waals surface area (Å²) >= 11 is 0. The lowest BCUT2D eigenvalue weighted by Crippen LogP contribution is -2.75. The fraction of sp³-hybridized carbons (Fsp3) is 0.780. The molecule has 0 unspecified atom stereocenters. The molecular formula is C41H72N6O4. The van der Waals surface area contributed by atoms with Crippen molar-refractivity contribution in [3.8, 4) is 0 Å². The molecule has 1 fully saturated rings. The molecule has 4 amide bonds. The Hall–Kier alpha value is -3.17. The maximum atomic E-state index is 15.1. The van der Waals surface area contributed by atoms with Gasteiger partial charge in [-0.1, -0.05) is 107 Å². The van der Waals surface area contributed by atoms with E-state index < -0.39 is 34.7 Å². The van der Waals surface area contributed by atoms with E-state index in [1.54, 1.807) is 29.4 Å². The second-order valence-corrected chi connectivity index (χ2v) is 14.8. The molecule has 290 valence electrons. The molecule has 0 atom stereocenters. The van der Waals surface area contributed by atoms with Gasteiger partial charge in [-0.15, -0.1) is 0 Å². The summed E-state index contributed by atoms with van der Waals surface area (Å²) in [4.78, 5) is 66.4. The van der Waals surface area contributed by atoms with Crippen LogP contribution in [-0.4, -0.2) is 63.9 Å². The molecule has 0 aliphatic carbocycles. The Morgan fingerprint density at radius 1 is 0.510 bits per heavy atom. The van der Waals surface area contributed by atoms with E-state index in [0.29, 0.717) is 5.69 Å². The van der Waals surface area contributed by atoms with Crippen LogP contribution in [0.5, 0.6) is 0 Å². The molecule has 2 rings (SSSR count). The standard InChI is InChI=1S/C41H72N6O4/c1-9-17-31(18-10-2)43-36(48)40(37(49)44-32(19-11-3)20-12-4)27-28-41(47(40)35-25-29-42-30-26-35,38(50)45-33(21-13-5)22-14-6)39(51)46-34(23-15-7)24-16-8/h25-26,29-34H,9-24,27-28H2,1-8H3,(H,43,48)(H,44,49)(H,45,50)(H,46,51). The molecule has 1 aromatic heterocycles. The lowest BCUT2D eigenvalue weighted by molar-refractivity contribution is -0.139. The van der Waals surface area contributed by atoms with Gasteiger partial charge >= 0.3 is 0 Å². The van der Waals surface area contributed by atoms with Crippen LogP contribution < -0.4 is 26.2 Å². The summed E-state index contributed by atoms with van der Waals surface area (Å²) in [5.41, 5.74) is -3.30. The zero-order chi connectivity index (χ0) is 37.9. The van der Waals surface area contributed by atoms with Crippen LogP contribution in [0.3, 0.4) is 0 Å². The monoisotopic (exact) mass is 713 g/mol. The van der Waals surface area contributed by atoms with Crippen LogP contribution in [0.25, 0.3) is 0 Å². The summed E-state index contributed by atoms with van der Waals surface area (Å²) in [6.45, 7) is 16.7. The minimum Gasteiger partial charge on any atom is -0.351 e. The molecule has 2 heterocycles. The molecule has 0 spiro atoms. The highest BCUT2D eigenvalue weighted by atomic mass is 16.2. The van der Waals surface area contributed by atoms with Gasteiger partial charge in [-0.05, 0) is 76.3 Å². The average molecular weight is 713 g/mol. The molecule has 1 aliphatic rings. The Labute approximate surface area is 309 Å². The maximum Gasteiger partial charge on any atom is 0.256 e. The molecule has 51 heavy (non-hydrogen) atoms. The van der Waals surface area contributed by atoms with Gasteiger partial charge in [-0.3, -0.25) is 24.2 Å². The number of rotatable bonds is 25. The van der Waals surface area contributed by atoms with Crippen molar-refractivity contribution < 1.29 is 19.2 Å². The van der Waals surface area contributed by atoms with Crippen LogP contribution in [-0.2, 0) is 19.2 Å². The highest BCUT2D eigenvalue weighted by molar-refractivity contribution is 6.21. The first-order chi connectivity index (χ1) is 24.6. The van der Waals surface area contributed by atoms with E-state index in [1.807, 2.05) is 0 Å². The van der Waals surface area contributed by atoms with E-state index in [0.717, 1.165) is 103 Å². The Morgan fingerprint density at radius 3 is 0.961 bits per heavy atom. The van der Waals surface area contributed by atoms with Crippen molar-refractivity contribution in [2.24, 2.45) is 0 Å². The van der Waals surface area contributed by atoms with Gasteiger partial charge < -0.3 is 26.2 Å². The molecule has 0 aromatic carbocycles.